The average molecular weight is 365 g/mol. The number of amides is 1. The number of carbonyl (C=O) groups excluding carboxylic acids is 1. The summed E-state index contributed by atoms with van der Waals surface area (Å²) in [6, 6.07) is 12.4. The average Bonchev–Trinajstić information content (AvgIpc) is 3.08. The molecule has 0 unspecified atom stereocenters. The van der Waals surface area contributed by atoms with Gasteiger partial charge in [-0.1, -0.05) is 29.8 Å². The number of fused-ring (bicyclic) bond motifs is 1. The number of aliphatic hydroxyl groups excluding tert-OH is 1. The number of aryl methyl sites for hydroxylation is 2. The van der Waals surface area contributed by atoms with Crippen LogP contribution in [0, 0.1) is 19.8 Å². The first-order valence-corrected chi connectivity index (χ1v) is 9.79. The van der Waals surface area contributed by atoms with Gasteiger partial charge in [-0.2, -0.15) is 0 Å². The molecule has 0 spiro atoms. The third kappa shape index (κ3) is 3.86. The Morgan fingerprint density at radius 1 is 1.22 bits per heavy atom. The Morgan fingerprint density at radius 2 is 2.04 bits per heavy atom. The number of hydrogen-bond acceptors (Lipinski definition) is 3. The van der Waals surface area contributed by atoms with E-state index in [0.29, 0.717) is 6.42 Å². The lowest BCUT2D eigenvalue weighted by atomic mass is 9.74. The van der Waals surface area contributed by atoms with Crippen molar-refractivity contribution in [3.63, 3.8) is 0 Å². The first-order chi connectivity index (χ1) is 13.0. The fourth-order valence-electron chi connectivity index (χ4n) is 4.16. The van der Waals surface area contributed by atoms with Crippen molar-refractivity contribution in [3.05, 3.63) is 64.2 Å². The monoisotopic (exact) mass is 365 g/mol. The van der Waals surface area contributed by atoms with Crippen LogP contribution in [0.5, 0.6) is 5.75 Å². The van der Waals surface area contributed by atoms with Crippen molar-refractivity contribution >= 4 is 5.91 Å². The second-order valence-electron chi connectivity index (χ2n) is 8.00. The molecule has 1 saturated carbocycles. The molecule has 4 nitrogen and oxygen atoms in total. The molecular weight excluding hydrogens is 338 g/mol. The number of hydrogen-bond donors (Lipinski definition) is 2. The van der Waals surface area contributed by atoms with Crippen molar-refractivity contribution in [2.45, 2.75) is 51.7 Å². The Balaban J connectivity index is 1.53. The van der Waals surface area contributed by atoms with Crippen LogP contribution < -0.4 is 10.1 Å². The molecule has 0 bridgehead atoms. The molecule has 1 atom stereocenters. The zero-order chi connectivity index (χ0) is 19.0. The van der Waals surface area contributed by atoms with Crippen molar-refractivity contribution in [2.24, 2.45) is 5.92 Å². The van der Waals surface area contributed by atoms with E-state index in [0.717, 1.165) is 48.3 Å². The Bertz CT molecular complexity index is 855. The van der Waals surface area contributed by atoms with E-state index >= 15 is 0 Å². The highest BCUT2D eigenvalue weighted by Gasteiger charge is 2.36. The molecule has 142 valence electrons. The maximum Gasteiger partial charge on any atom is 0.224 e. The van der Waals surface area contributed by atoms with Gasteiger partial charge in [-0.05, 0) is 67.0 Å². The molecule has 4 heteroatoms. The molecule has 2 aliphatic rings. The van der Waals surface area contributed by atoms with Gasteiger partial charge in [0.05, 0.1) is 25.2 Å². The summed E-state index contributed by atoms with van der Waals surface area (Å²) >= 11 is 0. The summed E-state index contributed by atoms with van der Waals surface area (Å²) < 4.78 is 5.61. The van der Waals surface area contributed by atoms with Crippen molar-refractivity contribution < 1.29 is 14.6 Å². The molecule has 2 N–H and O–H groups in total. The molecule has 27 heavy (non-hydrogen) atoms. The molecule has 0 saturated heterocycles. The SMILES string of the molecule is Cc1ccc(C)c(CC(=O)N[C@H](c2ccc3c(c2)CCO3)C2CC(O)C2)c1. The van der Waals surface area contributed by atoms with Gasteiger partial charge in [-0.15, -0.1) is 0 Å². The van der Waals surface area contributed by atoms with Crippen molar-refractivity contribution in [1.29, 1.82) is 0 Å². The maximum atomic E-state index is 12.8. The zero-order valence-electron chi connectivity index (χ0n) is 16.0. The molecule has 0 radical (unpaired) electrons. The topological polar surface area (TPSA) is 58.6 Å². The van der Waals surface area contributed by atoms with E-state index in [-0.39, 0.29) is 24.0 Å². The maximum absolute atomic E-state index is 12.8. The lowest BCUT2D eigenvalue weighted by Crippen LogP contribution is -2.42. The summed E-state index contributed by atoms with van der Waals surface area (Å²) in [4.78, 5) is 12.8. The first-order valence-electron chi connectivity index (χ1n) is 9.79. The van der Waals surface area contributed by atoms with Crippen LogP contribution in [0.1, 0.15) is 46.7 Å². The van der Waals surface area contributed by atoms with E-state index in [4.69, 9.17) is 4.74 Å². The van der Waals surface area contributed by atoms with E-state index in [1.54, 1.807) is 0 Å². The number of carbonyl (C=O) groups is 1. The van der Waals surface area contributed by atoms with Gasteiger partial charge in [-0.3, -0.25) is 4.79 Å². The van der Waals surface area contributed by atoms with E-state index in [1.165, 1.54) is 11.1 Å². The molecule has 2 aromatic rings. The molecular formula is C23H27NO3. The van der Waals surface area contributed by atoms with E-state index < -0.39 is 0 Å². The normalized spacial score (nSPS) is 21.7. The van der Waals surface area contributed by atoms with Gasteiger partial charge in [0.15, 0.2) is 0 Å². The van der Waals surface area contributed by atoms with Gasteiger partial charge in [0.25, 0.3) is 0 Å². The van der Waals surface area contributed by atoms with Gasteiger partial charge in [0.2, 0.25) is 5.91 Å². The van der Waals surface area contributed by atoms with Gasteiger partial charge in [0, 0.05) is 6.42 Å². The van der Waals surface area contributed by atoms with Crippen molar-refractivity contribution in [1.82, 2.24) is 5.32 Å². The number of ether oxygens (including phenoxy) is 1. The molecule has 1 aliphatic carbocycles. The largest absolute Gasteiger partial charge is 0.493 e. The quantitative estimate of drug-likeness (QED) is 0.854. The second-order valence-corrected chi connectivity index (χ2v) is 8.00. The number of benzene rings is 2. The first kappa shape index (κ1) is 18.1. The second kappa shape index (κ2) is 7.35. The highest BCUT2D eigenvalue weighted by molar-refractivity contribution is 5.79. The minimum Gasteiger partial charge on any atom is -0.493 e. The fraction of sp³-hybridized carbons (Fsp3) is 0.435. The number of rotatable bonds is 5. The number of aliphatic hydroxyl groups is 1. The van der Waals surface area contributed by atoms with Crippen LogP contribution in [-0.2, 0) is 17.6 Å². The highest BCUT2D eigenvalue weighted by Crippen LogP contribution is 2.39. The summed E-state index contributed by atoms with van der Waals surface area (Å²) in [7, 11) is 0. The minimum absolute atomic E-state index is 0.0341. The summed E-state index contributed by atoms with van der Waals surface area (Å²) in [6.07, 6.45) is 2.53. The van der Waals surface area contributed by atoms with Gasteiger partial charge in [-0.25, -0.2) is 0 Å². The molecule has 0 aromatic heterocycles. The Morgan fingerprint density at radius 3 is 2.81 bits per heavy atom. The molecule has 1 amide bonds. The van der Waals surface area contributed by atoms with E-state index in [1.807, 2.05) is 19.9 Å². The van der Waals surface area contributed by atoms with Crippen LogP contribution >= 0.6 is 0 Å². The summed E-state index contributed by atoms with van der Waals surface area (Å²) in [5.74, 6) is 1.27. The molecule has 4 rings (SSSR count). The third-order valence-electron chi connectivity index (χ3n) is 5.87. The van der Waals surface area contributed by atoms with Crippen molar-refractivity contribution in [2.75, 3.05) is 6.61 Å². The van der Waals surface area contributed by atoms with Crippen molar-refractivity contribution in [3.8, 4) is 5.75 Å². The number of nitrogens with one attached hydrogen (secondary N) is 1. The Hall–Kier alpha value is -2.33. The lowest BCUT2D eigenvalue weighted by Gasteiger charge is -2.38. The molecule has 1 heterocycles. The summed E-state index contributed by atoms with van der Waals surface area (Å²) in [5, 5.41) is 13.0. The Kier molecular flexibility index (Phi) is 4.92. The Labute approximate surface area is 160 Å². The minimum atomic E-state index is -0.244. The van der Waals surface area contributed by atoms with Crippen LogP contribution in [0.25, 0.3) is 0 Å². The predicted molar refractivity (Wildman–Crippen MR) is 105 cm³/mol. The zero-order valence-corrected chi connectivity index (χ0v) is 16.0. The molecule has 1 fully saturated rings. The molecule has 1 aliphatic heterocycles. The van der Waals surface area contributed by atoms with Gasteiger partial charge in [0.1, 0.15) is 5.75 Å². The van der Waals surface area contributed by atoms with Crippen LogP contribution in [0.3, 0.4) is 0 Å². The van der Waals surface area contributed by atoms with E-state index in [2.05, 4.69) is 35.6 Å². The van der Waals surface area contributed by atoms with E-state index in [9.17, 15) is 9.90 Å². The fourth-order valence-corrected chi connectivity index (χ4v) is 4.16. The third-order valence-corrected chi connectivity index (χ3v) is 5.87. The highest BCUT2D eigenvalue weighted by atomic mass is 16.5. The molecule has 2 aromatic carbocycles. The van der Waals surface area contributed by atoms with Crippen LogP contribution in [0.2, 0.25) is 0 Å². The van der Waals surface area contributed by atoms with Gasteiger partial charge >= 0.3 is 0 Å². The smallest absolute Gasteiger partial charge is 0.224 e. The lowest BCUT2D eigenvalue weighted by molar-refractivity contribution is -0.122. The summed E-state index contributed by atoms with van der Waals surface area (Å²) in [6.45, 7) is 4.82. The van der Waals surface area contributed by atoms with Gasteiger partial charge < -0.3 is 15.2 Å². The predicted octanol–water partition coefficient (Wildman–Crippen LogP) is 3.41. The van der Waals surface area contributed by atoms with Crippen LogP contribution in [0.15, 0.2) is 36.4 Å². The summed E-state index contributed by atoms with van der Waals surface area (Å²) in [5.41, 5.74) is 5.70. The standard InChI is InChI=1S/C23H27NO3/c1-14-3-4-15(2)18(9-14)13-22(26)24-23(19-11-20(25)12-19)17-5-6-21-16(10-17)7-8-27-21/h3-6,9-10,19-20,23,25H,7-8,11-13H2,1-2H3,(H,24,26)/t19?,20?,23-/m1/s1. The van der Waals surface area contributed by atoms with Crippen LogP contribution in [0.4, 0.5) is 0 Å². The van der Waals surface area contributed by atoms with Crippen LogP contribution in [-0.4, -0.2) is 23.7 Å².